The first-order chi connectivity index (χ1) is 4.64. The summed E-state index contributed by atoms with van der Waals surface area (Å²) in [5.41, 5.74) is 5.81. The molecule has 2 N–H and O–H groups in total. The van der Waals surface area contributed by atoms with E-state index in [1.165, 1.54) is 0 Å². The molecule has 3 nitrogen and oxygen atoms in total. The second-order valence-electron chi connectivity index (χ2n) is 3.30. The zero-order valence-corrected chi connectivity index (χ0v) is 6.34. The molecule has 1 aliphatic rings. The summed E-state index contributed by atoms with van der Waals surface area (Å²) in [6, 6.07) is 0. The highest BCUT2D eigenvalue weighted by Gasteiger charge is 2.24. The van der Waals surface area contributed by atoms with Crippen LogP contribution in [0.2, 0.25) is 0 Å². The first-order valence-electron chi connectivity index (χ1n) is 3.62. The van der Waals surface area contributed by atoms with Crippen molar-refractivity contribution in [3.8, 4) is 0 Å². The van der Waals surface area contributed by atoms with Gasteiger partial charge in [-0.3, -0.25) is 4.79 Å². The molecule has 1 amide bonds. The molecule has 0 bridgehead atoms. The van der Waals surface area contributed by atoms with Gasteiger partial charge in [-0.2, -0.15) is 0 Å². The fraction of sp³-hybridized carbons (Fsp3) is 0.857. The number of rotatable bonds is 1. The van der Waals surface area contributed by atoms with E-state index in [4.69, 9.17) is 5.73 Å². The average molecular weight is 142 g/mol. The lowest BCUT2D eigenvalue weighted by molar-refractivity contribution is -0.119. The van der Waals surface area contributed by atoms with E-state index < -0.39 is 0 Å². The Morgan fingerprint density at radius 3 is 2.40 bits per heavy atom. The summed E-state index contributed by atoms with van der Waals surface area (Å²) >= 11 is 0. The minimum absolute atomic E-state index is 0.0422. The van der Waals surface area contributed by atoms with Gasteiger partial charge in [0.2, 0.25) is 6.41 Å². The minimum atomic E-state index is -0.0422. The molecule has 0 aliphatic carbocycles. The van der Waals surface area contributed by atoms with Crippen molar-refractivity contribution in [1.82, 2.24) is 4.90 Å². The van der Waals surface area contributed by atoms with Gasteiger partial charge in [-0.25, -0.2) is 0 Å². The summed E-state index contributed by atoms with van der Waals surface area (Å²) in [4.78, 5) is 12.0. The highest BCUT2D eigenvalue weighted by atomic mass is 16.1. The predicted molar refractivity (Wildman–Crippen MR) is 39.5 cm³/mol. The van der Waals surface area contributed by atoms with Crippen LogP contribution in [0.25, 0.3) is 0 Å². The van der Waals surface area contributed by atoms with Gasteiger partial charge in [0.1, 0.15) is 0 Å². The number of nitrogens with zero attached hydrogens (tertiary/aromatic N) is 1. The third-order valence-corrected chi connectivity index (χ3v) is 2.09. The van der Waals surface area contributed by atoms with Crippen LogP contribution in [0.1, 0.15) is 19.8 Å². The molecule has 0 saturated carbocycles. The van der Waals surface area contributed by atoms with Crippen LogP contribution in [-0.2, 0) is 4.79 Å². The Balaban J connectivity index is 2.38. The van der Waals surface area contributed by atoms with Gasteiger partial charge < -0.3 is 10.6 Å². The topological polar surface area (TPSA) is 46.3 Å². The molecule has 1 heterocycles. The quantitative estimate of drug-likeness (QED) is 0.522. The number of piperidine rings is 1. The minimum Gasteiger partial charge on any atom is -0.345 e. The number of carbonyl (C=O) groups is 1. The first-order valence-corrected chi connectivity index (χ1v) is 3.62. The maximum absolute atomic E-state index is 10.3. The Kier molecular flexibility index (Phi) is 1.94. The molecule has 3 heteroatoms. The van der Waals surface area contributed by atoms with E-state index in [0.717, 1.165) is 32.3 Å². The maximum atomic E-state index is 10.3. The summed E-state index contributed by atoms with van der Waals surface area (Å²) in [5, 5.41) is 0. The van der Waals surface area contributed by atoms with E-state index in [2.05, 4.69) is 0 Å². The zero-order chi connectivity index (χ0) is 7.61. The van der Waals surface area contributed by atoms with Crippen LogP contribution in [-0.4, -0.2) is 29.9 Å². The van der Waals surface area contributed by atoms with E-state index >= 15 is 0 Å². The molecule has 0 atom stereocenters. The number of likely N-dealkylation sites (tertiary alicyclic amines) is 1. The lowest BCUT2D eigenvalue weighted by Crippen LogP contribution is -2.47. The molecule has 0 aromatic rings. The molecule has 0 radical (unpaired) electrons. The molecular weight excluding hydrogens is 128 g/mol. The molecule has 1 aliphatic heterocycles. The summed E-state index contributed by atoms with van der Waals surface area (Å²) in [5.74, 6) is 0. The molecule has 1 saturated heterocycles. The molecule has 0 unspecified atom stereocenters. The van der Waals surface area contributed by atoms with Crippen LogP contribution in [0.4, 0.5) is 0 Å². The first kappa shape index (κ1) is 7.54. The Morgan fingerprint density at radius 2 is 2.00 bits per heavy atom. The summed E-state index contributed by atoms with van der Waals surface area (Å²) < 4.78 is 0. The smallest absolute Gasteiger partial charge is 0.209 e. The number of hydrogen-bond donors (Lipinski definition) is 1. The lowest BCUT2D eigenvalue weighted by Gasteiger charge is -2.34. The monoisotopic (exact) mass is 142 g/mol. The molecule has 1 rings (SSSR count). The van der Waals surface area contributed by atoms with Crippen molar-refractivity contribution in [1.29, 1.82) is 0 Å². The van der Waals surface area contributed by atoms with Crippen molar-refractivity contribution in [2.75, 3.05) is 13.1 Å². The molecule has 1 fully saturated rings. The van der Waals surface area contributed by atoms with E-state index in [0.29, 0.717) is 0 Å². The largest absolute Gasteiger partial charge is 0.345 e. The standard InChI is InChI=1S/C7H14N2O/c1-7(8)2-4-9(6-10)5-3-7/h6H,2-5,8H2,1H3. The van der Waals surface area contributed by atoms with Crippen molar-refractivity contribution in [2.24, 2.45) is 5.73 Å². The van der Waals surface area contributed by atoms with E-state index in [-0.39, 0.29) is 5.54 Å². The number of hydrogen-bond acceptors (Lipinski definition) is 2. The zero-order valence-electron chi connectivity index (χ0n) is 6.34. The predicted octanol–water partition coefficient (Wildman–Crippen LogP) is -0.0440. The van der Waals surface area contributed by atoms with Crippen molar-refractivity contribution in [2.45, 2.75) is 25.3 Å². The van der Waals surface area contributed by atoms with Crippen molar-refractivity contribution in [3.63, 3.8) is 0 Å². The van der Waals surface area contributed by atoms with Crippen molar-refractivity contribution >= 4 is 6.41 Å². The van der Waals surface area contributed by atoms with Gasteiger partial charge in [0, 0.05) is 18.6 Å². The number of carbonyl (C=O) groups excluding carboxylic acids is 1. The van der Waals surface area contributed by atoms with Gasteiger partial charge in [0.25, 0.3) is 0 Å². The van der Waals surface area contributed by atoms with Crippen LogP contribution in [0, 0.1) is 0 Å². The van der Waals surface area contributed by atoms with Gasteiger partial charge in [-0.05, 0) is 19.8 Å². The van der Waals surface area contributed by atoms with Gasteiger partial charge >= 0.3 is 0 Å². The summed E-state index contributed by atoms with van der Waals surface area (Å²) in [6.07, 6.45) is 2.74. The third kappa shape index (κ3) is 1.70. The highest BCUT2D eigenvalue weighted by Crippen LogP contribution is 2.16. The Bertz CT molecular complexity index is 124. The van der Waals surface area contributed by atoms with Crippen LogP contribution in [0.3, 0.4) is 0 Å². The third-order valence-electron chi connectivity index (χ3n) is 2.09. The molecular formula is C7H14N2O. The SMILES string of the molecule is CC1(N)CCN(C=O)CC1. The Morgan fingerprint density at radius 1 is 1.50 bits per heavy atom. The second-order valence-corrected chi connectivity index (χ2v) is 3.30. The van der Waals surface area contributed by atoms with Gasteiger partial charge in [0.05, 0.1) is 0 Å². The number of nitrogens with two attached hydrogens (primary N) is 1. The number of amides is 1. The van der Waals surface area contributed by atoms with Gasteiger partial charge in [-0.1, -0.05) is 0 Å². The van der Waals surface area contributed by atoms with Gasteiger partial charge in [0.15, 0.2) is 0 Å². The molecule has 0 aromatic carbocycles. The van der Waals surface area contributed by atoms with Crippen LogP contribution < -0.4 is 5.73 Å². The Hall–Kier alpha value is -0.570. The fourth-order valence-corrected chi connectivity index (χ4v) is 1.14. The molecule has 0 aromatic heterocycles. The van der Waals surface area contributed by atoms with Crippen LogP contribution in [0.15, 0.2) is 0 Å². The summed E-state index contributed by atoms with van der Waals surface area (Å²) in [6.45, 7) is 3.67. The normalized spacial score (nSPS) is 24.4. The summed E-state index contributed by atoms with van der Waals surface area (Å²) in [7, 11) is 0. The molecule has 10 heavy (non-hydrogen) atoms. The molecule has 58 valence electrons. The van der Waals surface area contributed by atoms with Crippen LogP contribution in [0.5, 0.6) is 0 Å². The highest BCUT2D eigenvalue weighted by molar-refractivity contribution is 5.47. The van der Waals surface area contributed by atoms with E-state index in [9.17, 15) is 4.79 Å². The maximum Gasteiger partial charge on any atom is 0.209 e. The van der Waals surface area contributed by atoms with E-state index in [1.54, 1.807) is 4.90 Å². The van der Waals surface area contributed by atoms with Crippen molar-refractivity contribution in [3.05, 3.63) is 0 Å². The second kappa shape index (κ2) is 2.58. The van der Waals surface area contributed by atoms with Crippen molar-refractivity contribution < 1.29 is 4.79 Å². The molecule has 0 spiro atoms. The average Bonchev–Trinajstić information content (AvgIpc) is 1.88. The lowest BCUT2D eigenvalue weighted by atomic mass is 9.91. The Labute approximate surface area is 61.2 Å². The van der Waals surface area contributed by atoms with Crippen LogP contribution >= 0.6 is 0 Å². The van der Waals surface area contributed by atoms with Gasteiger partial charge in [-0.15, -0.1) is 0 Å². The van der Waals surface area contributed by atoms with E-state index in [1.807, 2.05) is 6.92 Å². The fourth-order valence-electron chi connectivity index (χ4n) is 1.14.